The van der Waals surface area contributed by atoms with Gasteiger partial charge in [-0.1, -0.05) is 0 Å². The Kier molecular flexibility index (Phi) is 14.9. The smallest absolute Gasteiger partial charge is 0.335 e. The first-order valence-corrected chi connectivity index (χ1v) is 11.8. The van der Waals surface area contributed by atoms with Crippen molar-refractivity contribution in [2.45, 2.75) is 6.42 Å². The van der Waals surface area contributed by atoms with Gasteiger partial charge in [0, 0.05) is 24.3 Å². The van der Waals surface area contributed by atoms with E-state index in [-0.39, 0.29) is 56.4 Å². The van der Waals surface area contributed by atoms with Crippen molar-refractivity contribution in [3.8, 4) is 11.8 Å². The molecule has 208 valence electrons. The average Bonchev–Trinajstić information content (AvgIpc) is 3.37. The van der Waals surface area contributed by atoms with E-state index in [9.17, 15) is 24.6 Å². The van der Waals surface area contributed by atoms with Crippen molar-refractivity contribution in [3.63, 3.8) is 0 Å². The zero-order chi connectivity index (χ0) is 26.7. The topological polar surface area (TPSA) is 164 Å². The zero-order valence-electron chi connectivity index (χ0n) is 20.6. The Balaban J connectivity index is 1.24. The molecule has 0 atom stereocenters. The molecule has 0 saturated carbocycles. The van der Waals surface area contributed by atoms with E-state index >= 15 is 0 Å². The van der Waals surface area contributed by atoms with Crippen molar-refractivity contribution in [2.75, 3.05) is 85.8 Å². The van der Waals surface area contributed by atoms with E-state index in [1.54, 1.807) is 0 Å². The Morgan fingerprint density at radius 2 is 1.00 bits per heavy atom. The third kappa shape index (κ3) is 12.7. The van der Waals surface area contributed by atoms with Crippen LogP contribution in [0.2, 0.25) is 0 Å². The maximum Gasteiger partial charge on any atom is 0.335 e. The van der Waals surface area contributed by atoms with Gasteiger partial charge in [-0.25, -0.2) is 4.79 Å². The first-order chi connectivity index (χ1) is 18.0. The first-order valence-electron chi connectivity index (χ1n) is 11.8. The fraction of sp³-hybridized carbons (Fsp3) is 0.609. The van der Waals surface area contributed by atoms with Crippen molar-refractivity contribution in [3.05, 3.63) is 24.3 Å². The number of aromatic hydroxyl groups is 2. The standard InChI is InChI=1S/C23H34N2O12/c26-19-1-2-20(27)24(19)6-8-32-10-12-34-14-16-36-18-17-35-15-13-33-11-9-31-7-5-23(30)37-25-21(28)3-4-22(25)29/h1-4,28-29H,5-18H2. The van der Waals surface area contributed by atoms with Crippen molar-refractivity contribution in [1.29, 1.82) is 0 Å². The van der Waals surface area contributed by atoms with Gasteiger partial charge in [-0.3, -0.25) is 14.5 Å². The minimum Gasteiger partial charge on any atom is -0.492 e. The Hall–Kier alpha value is -3.01. The number of nitrogens with zero attached hydrogens (tertiary/aromatic N) is 2. The molecule has 14 nitrogen and oxygen atoms in total. The average molecular weight is 531 g/mol. The van der Waals surface area contributed by atoms with Crippen LogP contribution in [0.25, 0.3) is 0 Å². The van der Waals surface area contributed by atoms with E-state index in [4.69, 9.17) is 33.3 Å². The molecule has 0 bridgehead atoms. The second kappa shape index (κ2) is 18.3. The predicted octanol–water partition coefficient (Wildman–Crippen LogP) is -0.731. The Bertz CT molecular complexity index is 819. The lowest BCUT2D eigenvalue weighted by Crippen LogP contribution is -2.33. The summed E-state index contributed by atoms with van der Waals surface area (Å²) in [5.41, 5.74) is 0. The van der Waals surface area contributed by atoms with Crippen molar-refractivity contribution < 1.29 is 57.9 Å². The quantitative estimate of drug-likeness (QED) is 0.143. The van der Waals surface area contributed by atoms with E-state index in [2.05, 4.69) is 0 Å². The van der Waals surface area contributed by atoms with Crippen LogP contribution in [0, 0.1) is 0 Å². The fourth-order valence-electron chi connectivity index (χ4n) is 2.81. The lowest BCUT2D eigenvalue weighted by molar-refractivity contribution is -0.146. The Morgan fingerprint density at radius 3 is 1.43 bits per heavy atom. The van der Waals surface area contributed by atoms with Crippen molar-refractivity contribution >= 4 is 17.8 Å². The number of rotatable bonds is 22. The Morgan fingerprint density at radius 1 is 0.622 bits per heavy atom. The number of hydrogen-bond donors (Lipinski definition) is 2. The summed E-state index contributed by atoms with van der Waals surface area (Å²) >= 11 is 0. The van der Waals surface area contributed by atoms with Crippen molar-refractivity contribution in [1.82, 2.24) is 9.63 Å². The molecule has 0 saturated heterocycles. The van der Waals surface area contributed by atoms with Crippen LogP contribution < -0.4 is 4.84 Å². The van der Waals surface area contributed by atoms with Crippen LogP contribution in [0.5, 0.6) is 11.8 Å². The molecule has 2 N–H and O–H groups in total. The van der Waals surface area contributed by atoms with Gasteiger partial charge in [-0.15, -0.1) is 4.73 Å². The zero-order valence-corrected chi connectivity index (χ0v) is 20.6. The summed E-state index contributed by atoms with van der Waals surface area (Å²) < 4.78 is 32.7. The highest BCUT2D eigenvalue weighted by atomic mass is 16.7. The number of amides is 2. The second-order valence-corrected chi connectivity index (χ2v) is 7.39. The molecule has 0 unspecified atom stereocenters. The largest absolute Gasteiger partial charge is 0.492 e. The van der Waals surface area contributed by atoms with Crippen LogP contribution in [0.3, 0.4) is 0 Å². The molecule has 2 heterocycles. The minimum absolute atomic E-state index is 0.0533. The molecule has 1 aromatic heterocycles. The van der Waals surface area contributed by atoms with Gasteiger partial charge in [0.2, 0.25) is 11.8 Å². The molecule has 0 aliphatic carbocycles. The summed E-state index contributed by atoms with van der Waals surface area (Å²) in [5, 5.41) is 18.8. The maximum atomic E-state index is 11.6. The van der Waals surface area contributed by atoms with Crippen LogP contribution >= 0.6 is 0 Å². The molecule has 1 aromatic rings. The predicted molar refractivity (Wildman–Crippen MR) is 125 cm³/mol. The molecule has 14 heteroatoms. The molecular weight excluding hydrogens is 496 g/mol. The summed E-state index contributed by atoms with van der Waals surface area (Å²) in [5.74, 6) is -2.08. The van der Waals surface area contributed by atoms with E-state index in [0.717, 1.165) is 4.90 Å². The number of aromatic nitrogens is 1. The molecular formula is C23H34N2O12. The van der Waals surface area contributed by atoms with Gasteiger partial charge < -0.3 is 43.5 Å². The minimum atomic E-state index is -0.667. The van der Waals surface area contributed by atoms with Crippen LogP contribution in [-0.4, -0.2) is 123 Å². The molecule has 37 heavy (non-hydrogen) atoms. The monoisotopic (exact) mass is 530 g/mol. The molecule has 0 spiro atoms. The second-order valence-electron chi connectivity index (χ2n) is 7.39. The van der Waals surface area contributed by atoms with Gasteiger partial charge in [0.25, 0.3) is 11.8 Å². The third-order valence-electron chi connectivity index (χ3n) is 4.66. The molecule has 0 radical (unpaired) electrons. The van der Waals surface area contributed by atoms with Gasteiger partial charge in [0.1, 0.15) is 0 Å². The van der Waals surface area contributed by atoms with Crippen LogP contribution in [-0.2, 0) is 42.8 Å². The van der Waals surface area contributed by atoms with E-state index < -0.39 is 5.97 Å². The molecule has 1 aliphatic heterocycles. The van der Waals surface area contributed by atoms with E-state index in [1.165, 1.54) is 24.3 Å². The Labute approximate surface area is 214 Å². The normalized spacial score (nSPS) is 13.1. The van der Waals surface area contributed by atoms with E-state index in [0.29, 0.717) is 64.2 Å². The SMILES string of the molecule is O=C(CCOCCOCCOCCOCCOCCOCCN1C(=O)C=CC1=O)On1c(O)ccc1O. The highest BCUT2D eigenvalue weighted by molar-refractivity contribution is 6.12. The summed E-state index contributed by atoms with van der Waals surface area (Å²) in [7, 11) is 0. The van der Waals surface area contributed by atoms with Crippen LogP contribution in [0.15, 0.2) is 24.3 Å². The van der Waals surface area contributed by atoms with Gasteiger partial charge in [0.05, 0.1) is 92.2 Å². The molecule has 0 aromatic carbocycles. The molecule has 2 rings (SSSR count). The first kappa shape index (κ1) is 30.2. The lowest BCUT2D eigenvalue weighted by Gasteiger charge is -2.13. The van der Waals surface area contributed by atoms with Gasteiger partial charge in [-0.05, 0) is 0 Å². The molecule has 1 aliphatic rings. The van der Waals surface area contributed by atoms with Crippen LogP contribution in [0.1, 0.15) is 6.42 Å². The summed E-state index contributed by atoms with van der Waals surface area (Å²) in [6.07, 6.45) is 2.43. The molecule has 2 amide bonds. The van der Waals surface area contributed by atoms with Gasteiger partial charge in [-0.2, -0.15) is 0 Å². The number of carbonyl (C=O) groups excluding carboxylic acids is 3. The van der Waals surface area contributed by atoms with Crippen LogP contribution in [0.4, 0.5) is 0 Å². The highest BCUT2D eigenvalue weighted by Crippen LogP contribution is 2.18. The number of hydrogen-bond acceptors (Lipinski definition) is 12. The summed E-state index contributed by atoms with van der Waals surface area (Å²) in [4.78, 5) is 40.2. The summed E-state index contributed by atoms with van der Waals surface area (Å²) in [6, 6.07) is 2.38. The van der Waals surface area contributed by atoms with Crippen molar-refractivity contribution in [2.24, 2.45) is 0 Å². The number of carbonyl (C=O) groups is 3. The fourth-order valence-corrected chi connectivity index (χ4v) is 2.81. The number of imide groups is 1. The summed E-state index contributed by atoms with van der Waals surface area (Å²) in [6.45, 7) is 4.41. The number of ether oxygens (including phenoxy) is 6. The maximum absolute atomic E-state index is 11.6. The van der Waals surface area contributed by atoms with E-state index in [1.807, 2.05) is 0 Å². The van der Waals surface area contributed by atoms with Gasteiger partial charge >= 0.3 is 5.97 Å². The molecule has 0 fully saturated rings. The van der Waals surface area contributed by atoms with Gasteiger partial charge in [0.15, 0.2) is 0 Å². The third-order valence-corrected chi connectivity index (χ3v) is 4.66. The lowest BCUT2D eigenvalue weighted by atomic mass is 10.5. The highest BCUT2D eigenvalue weighted by Gasteiger charge is 2.22.